The van der Waals surface area contributed by atoms with Gasteiger partial charge in [-0.3, -0.25) is 4.79 Å². The molecular formula is C16H21N2O2S+. The first-order valence-corrected chi connectivity index (χ1v) is 7.92. The Kier molecular flexibility index (Phi) is 5.78. The van der Waals surface area contributed by atoms with Gasteiger partial charge in [0.1, 0.15) is 12.3 Å². The number of carbonyl (C=O) groups is 1. The van der Waals surface area contributed by atoms with E-state index in [0.29, 0.717) is 18.9 Å². The van der Waals surface area contributed by atoms with E-state index in [9.17, 15) is 4.79 Å². The topological polar surface area (TPSA) is 42.8 Å². The normalized spacial score (nSPS) is 11.9. The molecule has 1 aromatic heterocycles. The quantitative estimate of drug-likeness (QED) is 0.819. The Labute approximate surface area is 129 Å². The molecular weight excluding hydrogens is 284 g/mol. The van der Waals surface area contributed by atoms with Gasteiger partial charge in [-0.2, -0.15) is 0 Å². The van der Waals surface area contributed by atoms with Crippen molar-refractivity contribution in [2.24, 2.45) is 0 Å². The Balaban J connectivity index is 1.89. The Morgan fingerprint density at radius 1 is 1.29 bits per heavy atom. The summed E-state index contributed by atoms with van der Waals surface area (Å²) in [5.41, 5.74) is 0.730. The number of amides is 1. The van der Waals surface area contributed by atoms with Crippen LogP contribution in [0.15, 0.2) is 41.8 Å². The summed E-state index contributed by atoms with van der Waals surface area (Å²) in [6.45, 7) is 3.80. The molecule has 0 fully saturated rings. The molecule has 1 unspecified atom stereocenters. The van der Waals surface area contributed by atoms with E-state index in [1.807, 2.05) is 44.3 Å². The van der Waals surface area contributed by atoms with Gasteiger partial charge in [0.15, 0.2) is 6.54 Å². The minimum absolute atomic E-state index is 0.00351. The lowest BCUT2D eigenvalue weighted by Gasteiger charge is -2.14. The number of quaternary nitrogens is 1. The van der Waals surface area contributed by atoms with Gasteiger partial charge >= 0.3 is 0 Å². The average Bonchev–Trinajstić information content (AvgIpc) is 2.93. The molecule has 0 spiro atoms. The van der Waals surface area contributed by atoms with Gasteiger partial charge in [0.2, 0.25) is 0 Å². The molecule has 0 saturated carbocycles. The number of likely N-dealkylation sites (N-methyl/N-ethyl adjacent to an activating group) is 1. The summed E-state index contributed by atoms with van der Waals surface area (Å²) in [6.07, 6.45) is 0. The Bertz CT molecular complexity index is 569. The number of para-hydroxylation sites is 2. The van der Waals surface area contributed by atoms with Crippen LogP contribution in [-0.2, 0) is 11.3 Å². The van der Waals surface area contributed by atoms with Crippen LogP contribution in [0, 0.1) is 0 Å². The van der Waals surface area contributed by atoms with Gasteiger partial charge < -0.3 is 15.0 Å². The van der Waals surface area contributed by atoms with Crippen molar-refractivity contribution in [1.29, 1.82) is 0 Å². The summed E-state index contributed by atoms with van der Waals surface area (Å²) in [5.74, 6) is 0.709. The number of ether oxygens (including phenoxy) is 1. The lowest BCUT2D eigenvalue weighted by molar-refractivity contribution is -0.884. The maximum absolute atomic E-state index is 12.1. The molecule has 0 aliphatic rings. The van der Waals surface area contributed by atoms with E-state index in [2.05, 4.69) is 16.8 Å². The molecule has 2 rings (SSSR count). The minimum Gasteiger partial charge on any atom is -0.492 e. The molecule has 1 amide bonds. The van der Waals surface area contributed by atoms with E-state index in [-0.39, 0.29) is 5.91 Å². The SMILES string of the molecule is CCOc1ccccc1NC(=O)C[NH+](C)Cc1cccs1. The molecule has 0 radical (unpaired) electrons. The Morgan fingerprint density at radius 3 is 2.81 bits per heavy atom. The lowest BCUT2D eigenvalue weighted by atomic mass is 10.3. The van der Waals surface area contributed by atoms with Crippen LogP contribution in [0.25, 0.3) is 0 Å². The second-order valence-corrected chi connectivity index (χ2v) is 5.90. The highest BCUT2D eigenvalue weighted by Crippen LogP contribution is 2.23. The van der Waals surface area contributed by atoms with E-state index < -0.39 is 0 Å². The Morgan fingerprint density at radius 2 is 2.10 bits per heavy atom. The summed E-state index contributed by atoms with van der Waals surface area (Å²) >= 11 is 1.72. The third kappa shape index (κ3) is 4.88. The zero-order chi connectivity index (χ0) is 15.1. The molecule has 2 aromatic rings. The molecule has 0 aliphatic carbocycles. The van der Waals surface area contributed by atoms with Crippen LogP contribution in [0.1, 0.15) is 11.8 Å². The van der Waals surface area contributed by atoms with Crippen LogP contribution < -0.4 is 15.0 Å². The van der Waals surface area contributed by atoms with Crippen molar-refractivity contribution in [3.8, 4) is 5.75 Å². The fourth-order valence-electron chi connectivity index (χ4n) is 2.09. The summed E-state index contributed by atoms with van der Waals surface area (Å²) in [4.78, 5) is 14.6. The predicted molar refractivity (Wildman–Crippen MR) is 86.0 cm³/mol. The molecule has 112 valence electrons. The van der Waals surface area contributed by atoms with Crippen molar-refractivity contribution in [1.82, 2.24) is 0 Å². The molecule has 1 aromatic carbocycles. The van der Waals surface area contributed by atoms with Crippen molar-refractivity contribution in [3.63, 3.8) is 0 Å². The maximum atomic E-state index is 12.1. The van der Waals surface area contributed by atoms with Gasteiger partial charge in [-0.05, 0) is 30.5 Å². The van der Waals surface area contributed by atoms with Gasteiger partial charge in [0.25, 0.3) is 5.91 Å². The van der Waals surface area contributed by atoms with E-state index in [4.69, 9.17) is 4.74 Å². The van der Waals surface area contributed by atoms with E-state index in [1.165, 1.54) is 4.88 Å². The monoisotopic (exact) mass is 305 g/mol. The molecule has 2 N–H and O–H groups in total. The number of carbonyl (C=O) groups excluding carboxylic acids is 1. The van der Waals surface area contributed by atoms with Gasteiger partial charge in [-0.15, -0.1) is 11.3 Å². The highest BCUT2D eigenvalue weighted by molar-refractivity contribution is 7.09. The number of benzene rings is 1. The molecule has 0 aliphatic heterocycles. The van der Waals surface area contributed by atoms with Gasteiger partial charge in [-0.25, -0.2) is 0 Å². The molecule has 0 saturated heterocycles. The minimum atomic E-state index is -0.00351. The predicted octanol–water partition coefficient (Wildman–Crippen LogP) is 1.80. The lowest BCUT2D eigenvalue weighted by Crippen LogP contribution is -3.08. The van der Waals surface area contributed by atoms with Crippen molar-refractivity contribution < 1.29 is 14.4 Å². The van der Waals surface area contributed by atoms with Crippen molar-refractivity contribution in [3.05, 3.63) is 46.7 Å². The molecule has 4 nitrogen and oxygen atoms in total. The van der Waals surface area contributed by atoms with Crippen LogP contribution in [0.3, 0.4) is 0 Å². The first kappa shape index (κ1) is 15.5. The number of anilines is 1. The van der Waals surface area contributed by atoms with E-state index in [0.717, 1.165) is 17.1 Å². The first-order chi connectivity index (χ1) is 10.2. The second-order valence-electron chi connectivity index (χ2n) is 4.87. The zero-order valence-corrected chi connectivity index (χ0v) is 13.2. The van der Waals surface area contributed by atoms with Crippen LogP contribution in [0.5, 0.6) is 5.75 Å². The first-order valence-electron chi connectivity index (χ1n) is 7.04. The van der Waals surface area contributed by atoms with Crippen LogP contribution in [-0.4, -0.2) is 26.1 Å². The van der Waals surface area contributed by atoms with Crippen LogP contribution >= 0.6 is 11.3 Å². The molecule has 0 bridgehead atoms. The third-order valence-corrected chi connectivity index (χ3v) is 3.86. The van der Waals surface area contributed by atoms with Crippen LogP contribution in [0.4, 0.5) is 5.69 Å². The zero-order valence-electron chi connectivity index (χ0n) is 12.4. The highest BCUT2D eigenvalue weighted by Gasteiger charge is 2.13. The fraction of sp³-hybridized carbons (Fsp3) is 0.312. The highest BCUT2D eigenvalue weighted by atomic mass is 32.1. The Hall–Kier alpha value is -1.85. The van der Waals surface area contributed by atoms with Gasteiger partial charge in [-0.1, -0.05) is 18.2 Å². The third-order valence-electron chi connectivity index (χ3n) is 2.98. The van der Waals surface area contributed by atoms with Crippen LogP contribution in [0.2, 0.25) is 0 Å². The smallest absolute Gasteiger partial charge is 0.279 e. The fourth-order valence-corrected chi connectivity index (χ4v) is 2.91. The number of thiophene rings is 1. The number of nitrogens with one attached hydrogen (secondary N) is 2. The number of rotatable bonds is 7. The largest absolute Gasteiger partial charge is 0.492 e. The summed E-state index contributed by atoms with van der Waals surface area (Å²) < 4.78 is 5.51. The molecule has 1 heterocycles. The molecule has 5 heteroatoms. The maximum Gasteiger partial charge on any atom is 0.279 e. The molecule has 21 heavy (non-hydrogen) atoms. The summed E-state index contributed by atoms with van der Waals surface area (Å²) in [7, 11) is 2.02. The van der Waals surface area contributed by atoms with Crippen molar-refractivity contribution >= 4 is 22.9 Å². The van der Waals surface area contributed by atoms with Crippen molar-refractivity contribution in [2.45, 2.75) is 13.5 Å². The van der Waals surface area contributed by atoms with Gasteiger partial charge in [0, 0.05) is 0 Å². The van der Waals surface area contributed by atoms with E-state index >= 15 is 0 Å². The molecule has 1 atom stereocenters. The summed E-state index contributed by atoms with van der Waals surface area (Å²) in [5, 5.41) is 4.98. The summed E-state index contributed by atoms with van der Waals surface area (Å²) in [6, 6.07) is 11.6. The van der Waals surface area contributed by atoms with Gasteiger partial charge in [0.05, 0.1) is 24.2 Å². The van der Waals surface area contributed by atoms with Crippen molar-refractivity contribution in [2.75, 3.05) is 25.5 Å². The standard InChI is InChI=1S/C16H20N2O2S/c1-3-20-15-9-5-4-8-14(15)17-16(19)12-18(2)11-13-7-6-10-21-13/h4-10H,3,11-12H2,1-2H3,(H,17,19)/p+1. The van der Waals surface area contributed by atoms with E-state index in [1.54, 1.807) is 11.3 Å². The second kappa shape index (κ2) is 7.81. The number of hydrogen-bond donors (Lipinski definition) is 2. The average molecular weight is 305 g/mol. The number of hydrogen-bond acceptors (Lipinski definition) is 3.